The van der Waals surface area contributed by atoms with Gasteiger partial charge in [0, 0.05) is 6.54 Å². The van der Waals surface area contributed by atoms with Crippen molar-refractivity contribution >= 4 is 46.2 Å². The topological polar surface area (TPSA) is 63.4 Å². The number of thiophene rings is 1. The monoisotopic (exact) mass is 320 g/mol. The minimum atomic E-state index is -0.545. The summed E-state index contributed by atoms with van der Waals surface area (Å²) in [5.74, 6) is -0.402. The molecule has 0 aromatic carbocycles. The molecule has 2 rings (SSSR count). The lowest BCUT2D eigenvalue weighted by Crippen LogP contribution is -2.38. The normalized spacial score (nSPS) is 23.7. The smallest absolute Gasteiger partial charge is 0.224 e. The SMILES string of the molecule is CC1(C(N)=O)CCN(CC(=O)c2cc(Cl)sc2Cl)C1. The van der Waals surface area contributed by atoms with E-state index in [-0.39, 0.29) is 18.2 Å². The molecule has 1 aliphatic heterocycles. The molecule has 2 heterocycles. The molecule has 1 saturated heterocycles. The molecule has 1 fully saturated rings. The van der Waals surface area contributed by atoms with E-state index < -0.39 is 5.41 Å². The van der Waals surface area contributed by atoms with Gasteiger partial charge in [0.25, 0.3) is 0 Å². The average Bonchev–Trinajstić information content (AvgIpc) is 2.83. The molecular formula is C12H14Cl2N2O2S. The van der Waals surface area contributed by atoms with Gasteiger partial charge in [-0.25, -0.2) is 0 Å². The quantitative estimate of drug-likeness (QED) is 0.866. The highest BCUT2D eigenvalue weighted by molar-refractivity contribution is 7.20. The van der Waals surface area contributed by atoms with Gasteiger partial charge in [-0.05, 0) is 26.0 Å². The maximum Gasteiger partial charge on any atom is 0.224 e. The number of amides is 1. The minimum absolute atomic E-state index is 0.0816. The molecule has 1 amide bonds. The number of carbonyl (C=O) groups excluding carboxylic acids is 2. The van der Waals surface area contributed by atoms with E-state index in [9.17, 15) is 9.59 Å². The molecule has 104 valence electrons. The Morgan fingerprint density at radius 3 is 2.68 bits per heavy atom. The van der Waals surface area contributed by atoms with Crippen molar-refractivity contribution in [2.24, 2.45) is 11.1 Å². The highest BCUT2D eigenvalue weighted by Gasteiger charge is 2.39. The van der Waals surface area contributed by atoms with Crippen LogP contribution in [-0.2, 0) is 4.79 Å². The van der Waals surface area contributed by atoms with Gasteiger partial charge in [0.15, 0.2) is 5.78 Å². The maximum atomic E-state index is 12.1. The zero-order valence-electron chi connectivity index (χ0n) is 10.4. The summed E-state index contributed by atoms with van der Waals surface area (Å²) in [4.78, 5) is 25.4. The van der Waals surface area contributed by atoms with Crippen molar-refractivity contribution in [2.75, 3.05) is 19.6 Å². The molecule has 0 saturated carbocycles. The van der Waals surface area contributed by atoms with Crippen LogP contribution in [-0.4, -0.2) is 36.2 Å². The Kier molecular flexibility index (Phi) is 4.20. The Bertz CT molecular complexity index is 532. The Hall–Kier alpha value is -0.620. The number of carbonyl (C=O) groups is 2. The van der Waals surface area contributed by atoms with Crippen LogP contribution < -0.4 is 5.73 Å². The zero-order chi connectivity index (χ0) is 14.2. The van der Waals surface area contributed by atoms with Crippen molar-refractivity contribution in [2.45, 2.75) is 13.3 Å². The van der Waals surface area contributed by atoms with E-state index in [4.69, 9.17) is 28.9 Å². The van der Waals surface area contributed by atoms with E-state index in [1.54, 1.807) is 6.07 Å². The van der Waals surface area contributed by atoms with Crippen LogP contribution in [0, 0.1) is 5.41 Å². The van der Waals surface area contributed by atoms with Gasteiger partial charge in [-0.2, -0.15) is 0 Å². The Labute approximate surface area is 125 Å². The standard InChI is InChI=1S/C12H14Cl2N2O2S/c1-12(11(15)18)2-3-16(6-12)5-8(17)7-4-9(13)19-10(7)14/h4H,2-3,5-6H2,1H3,(H2,15,18). The van der Waals surface area contributed by atoms with Crippen LogP contribution >= 0.6 is 34.5 Å². The van der Waals surface area contributed by atoms with E-state index in [2.05, 4.69) is 0 Å². The fourth-order valence-electron chi connectivity index (χ4n) is 2.21. The number of nitrogens with zero attached hydrogens (tertiary/aromatic N) is 1. The fourth-order valence-corrected chi connectivity index (χ4v) is 3.71. The number of halogens is 2. The number of hydrogen-bond donors (Lipinski definition) is 1. The molecule has 1 aromatic heterocycles. The molecular weight excluding hydrogens is 307 g/mol. The van der Waals surface area contributed by atoms with Crippen LogP contribution in [0.25, 0.3) is 0 Å². The van der Waals surface area contributed by atoms with Crippen molar-refractivity contribution in [1.82, 2.24) is 4.90 Å². The van der Waals surface area contributed by atoms with E-state index in [0.717, 1.165) is 0 Å². The second-order valence-electron chi connectivity index (χ2n) is 5.05. The van der Waals surface area contributed by atoms with E-state index in [0.29, 0.717) is 33.7 Å². The van der Waals surface area contributed by atoms with Gasteiger partial charge < -0.3 is 5.73 Å². The lowest BCUT2D eigenvalue weighted by Gasteiger charge is -2.20. The second kappa shape index (κ2) is 5.40. The third-order valence-corrected chi connectivity index (χ3v) is 4.96. The first-order chi connectivity index (χ1) is 8.82. The molecule has 0 bridgehead atoms. The van der Waals surface area contributed by atoms with Gasteiger partial charge >= 0.3 is 0 Å². The molecule has 0 aliphatic carbocycles. The Balaban J connectivity index is 2.02. The van der Waals surface area contributed by atoms with Gasteiger partial charge in [-0.15, -0.1) is 11.3 Å². The molecule has 1 unspecified atom stereocenters. The molecule has 0 spiro atoms. The van der Waals surface area contributed by atoms with E-state index in [1.165, 1.54) is 11.3 Å². The van der Waals surface area contributed by atoms with Crippen molar-refractivity contribution < 1.29 is 9.59 Å². The number of likely N-dealkylation sites (tertiary alicyclic amines) is 1. The predicted molar refractivity (Wildman–Crippen MR) is 77.0 cm³/mol. The third kappa shape index (κ3) is 3.11. The Morgan fingerprint density at radius 2 is 2.21 bits per heavy atom. The largest absolute Gasteiger partial charge is 0.369 e. The summed E-state index contributed by atoms with van der Waals surface area (Å²) in [5, 5.41) is 0. The first kappa shape index (κ1) is 14.8. The number of rotatable bonds is 4. The summed E-state index contributed by atoms with van der Waals surface area (Å²) in [6.07, 6.45) is 0.674. The van der Waals surface area contributed by atoms with Gasteiger partial charge in [-0.1, -0.05) is 23.2 Å². The molecule has 19 heavy (non-hydrogen) atoms. The van der Waals surface area contributed by atoms with Crippen LogP contribution in [0.4, 0.5) is 0 Å². The first-order valence-corrected chi connectivity index (χ1v) is 7.39. The summed E-state index contributed by atoms with van der Waals surface area (Å²) in [6, 6.07) is 1.58. The van der Waals surface area contributed by atoms with Crippen LogP contribution in [0.3, 0.4) is 0 Å². The van der Waals surface area contributed by atoms with Crippen LogP contribution in [0.1, 0.15) is 23.7 Å². The molecule has 1 aromatic rings. The number of ketones is 1. The van der Waals surface area contributed by atoms with Crippen LogP contribution in [0.2, 0.25) is 8.67 Å². The molecule has 2 N–H and O–H groups in total. The summed E-state index contributed by atoms with van der Waals surface area (Å²) >= 11 is 13.0. The molecule has 7 heteroatoms. The van der Waals surface area contributed by atoms with Gasteiger partial charge in [0.1, 0.15) is 4.34 Å². The van der Waals surface area contributed by atoms with Gasteiger partial charge in [0.2, 0.25) is 5.91 Å². The number of nitrogens with two attached hydrogens (primary N) is 1. The number of primary amides is 1. The highest BCUT2D eigenvalue weighted by Crippen LogP contribution is 2.33. The first-order valence-electron chi connectivity index (χ1n) is 5.82. The molecule has 4 nitrogen and oxygen atoms in total. The molecule has 1 aliphatic rings. The van der Waals surface area contributed by atoms with Gasteiger partial charge in [-0.3, -0.25) is 14.5 Å². The Morgan fingerprint density at radius 1 is 1.53 bits per heavy atom. The van der Waals surface area contributed by atoms with Crippen LogP contribution in [0.5, 0.6) is 0 Å². The summed E-state index contributed by atoms with van der Waals surface area (Å²) < 4.78 is 0.906. The van der Waals surface area contributed by atoms with E-state index in [1.807, 2.05) is 11.8 Å². The second-order valence-corrected chi connectivity index (χ2v) is 7.33. The van der Waals surface area contributed by atoms with Crippen molar-refractivity contribution in [3.8, 4) is 0 Å². The molecule has 1 atom stereocenters. The van der Waals surface area contributed by atoms with Crippen molar-refractivity contribution in [3.05, 3.63) is 20.3 Å². The maximum absolute atomic E-state index is 12.1. The van der Waals surface area contributed by atoms with Crippen molar-refractivity contribution in [1.29, 1.82) is 0 Å². The van der Waals surface area contributed by atoms with E-state index >= 15 is 0 Å². The lowest BCUT2D eigenvalue weighted by molar-refractivity contribution is -0.126. The average molecular weight is 321 g/mol. The van der Waals surface area contributed by atoms with Crippen LogP contribution in [0.15, 0.2) is 6.07 Å². The van der Waals surface area contributed by atoms with Crippen molar-refractivity contribution in [3.63, 3.8) is 0 Å². The minimum Gasteiger partial charge on any atom is -0.369 e. The summed E-state index contributed by atoms with van der Waals surface area (Å²) in [6.45, 7) is 3.24. The number of hydrogen-bond acceptors (Lipinski definition) is 4. The van der Waals surface area contributed by atoms with Gasteiger partial charge in [0.05, 0.1) is 21.9 Å². The summed E-state index contributed by atoms with van der Waals surface area (Å²) in [7, 11) is 0. The third-order valence-electron chi connectivity index (χ3n) is 3.47. The highest BCUT2D eigenvalue weighted by atomic mass is 35.5. The molecule has 0 radical (unpaired) electrons. The fraction of sp³-hybridized carbons (Fsp3) is 0.500. The lowest BCUT2D eigenvalue weighted by atomic mass is 9.89. The number of Topliss-reactive ketones (excluding diaryl/α,β-unsaturated/α-hetero) is 1. The predicted octanol–water partition coefficient (Wildman–Crippen LogP) is 2.43. The zero-order valence-corrected chi connectivity index (χ0v) is 12.7. The summed E-state index contributed by atoms with van der Waals surface area (Å²) in [5.41, 5.74) is 5.28.